The van der Waals surface area contributed by atoms with E-state index in [0.29, 0.717) is 12.8 Å². The summed E-state index contributed by atoms with van der Waals surface area (Å²) >= 11 is 0. The summed E-state index contributed by atoms with van der Waals surface area (Å²) in [6, 6.07) is 0. The van der Waals surface area contributed by atoms with Gasteiger partial charge in [-0.15, -0.1) is 0 Å². The predicted molar refractivity (Wildman–Crippen MR) is 65.2 cm³/mol. The van der Waals surface area contributed by atoms with Gasteiger partial charge in [-0.1, -0.05) is 6.92 Å². The summed E-state index contributed by atoms with van der Waals surface area (Å²) in [5, 5.41) is 0. The van der Waals surface area contributed by atoms with Crippen LogP contribution in [0, 0.1) is 10.8 Å². The van der Waals surface area contributed by atoms with Crippen LogP contribution in [0.5, 0.6) is 0 Å². The van der Waals surface area contributed by atoms with Crippen LogP contribution in [0.25, 0.3) is 0 Å². The van der Waals surface area contributed by atoms with Crippen molar-refractivity contribution in [1.29, 1.82) is 0 Å². The molecule has 0 amide bonds. The third-order valence-electron chi connectivity index (χ3n) is 4.95. The Morgan fingerprint density at radius 1 is 1.53 bits per heavy atom. The Hall–Kier alpha value is -1.10. The van der Waals surface area contributed by atoms with Gasteiger partial charge < -0.3 is 14.2 Å². The van der Waals surface area contributed by atoms with Crippen LogP contribution in [0.15, 0.2) is 0 Å². The van der Waals surface area contributed by atoms with Crippen molar-refractivity contribution in [3.05, 3.63) is 0 Å². The smallest absolute Gasteiger partial charge is 0.315 e. The lowest BCUT2D eigenvalue weighted by atomic mass is 9.75. The third-order valence-corrected chi connectivity index (χ3v) is 4.95. The lowest BCUT2D eigenvalue weighted by Crippen LogP contribution is -2.45. The first-order valence-corrected chi connectivity index (χ1v) is 6.87. The van der Waals surface area contributed by atoms with E-state index < -0.39 is 23.0 Å². The van der Waals surface area contributed by atoms with Crippen molar-refractivity contribution in [3.8, 4) is 0 Å². The molecule has 3 aliphatic rings. The molecule has 0 aliphatic carbocycles. The SMILES string of the molecule is CCC(C)(C)C(=O)OC1C2CC3(C)C(=O)OC1C3O2. The first-order valence-electron chi connectivity index (χ1n) is 6.87. The number of hydrogen-bond acceptors (Lipinski definition) is 5. The second kappa shape index (κ2) is 3.72. The molecule has 3 saturated heterocycles. The van der Waals surface area contributed by atoms with Crippen LogP contribution < -0.4 is 0 Å². The zero-order chi connectivity index (χ0) is 14.0. The molecule has 3 aliphatic heterocycles. The maximum Gasteiger partial charge on any atom is 0.315 e. The number of ether oxygens (including phenoxy) is 3. The fraction of sp³-hybridized carbons (Fsp3) is 0.857. The lowest BCUT2D eigenvalue weighted by molar-refractivity contribution is -0.169. The molecule has 0 saturated carbocycles. The van der Waals surface area contributed by atoms with Crippen molar-refractivity contribution in [2.45, 2.75) is 65.0 Å². The van der Waals surface area contributed by atoms with E-state index in [-0.39, 0.29) is 24.1 Å². The van der Waals surface area contributed by atoms with E-state index in [2.05, 4.69) is 0 Å². The van der Waals surface area contributed by atoms with Crippen LogP contribution in [0.2, 0.25) is 0 Å². The summed E-state index contributed by atoms with van der Waals surface area (Å²) in [4.78, 5) is 24.0. The maximum absolute atomic E-state index is 12.1. The van der Waals surface area contributed by atoms with E-state index in [4.69, 9.17) is 14.2 Å². The molecule has 3 fully saturated rings. The van der Waals surface area contributed by atoms with Crippen molar-refractivity contribution in [2.75, 3.05) is 0 Å². The number of fused-ring (bicyclic) bond motifs is 1. The van der Waals surface area contributed by atoms with Gasteiger partial charge in [0.2, 0.25) is 0 Å². The summed E-state index contributed by atoms with van der Waals surface area (Å²) in [6.07, 6.45) is -0.0426. The highest BCUT2D eigenvalue weighted by Gasteiger charge is 2.71. The van der Waals surface area contributed by atoms with Crippen LogP contribution in [0.4, 0.5) is 0 Å². The highest BCUT2D eigenvalue weighted by Crippen LogP contribution is 2.55. The van der Waals surface area contributed by atoms with E-state index in [1.165, 1.54) is 0 Å². The third kappa shape index (κ3) is 1.57. The maximum atomic E-state index is 12.1. The first-order chi connectivity index (χ1) is 8.79. The van der Waals surface area contributed by atoms with Gasteiger partial charge in [0, 0.05) is 0 Å². The second-order valence-corrected chi connectivity index (χ2v) is 6.69. The zero-order valence-corrected chi connectivity index (χ0v) is 11.8. The van der Waals surface area contributed by atoms with Gasteiger partial charge in [0.15, 0.2) is 12.2 Å². The van der Waals surface area contributed by atoms with Crippen LogP contribution in [-0.4, -0.2) is 36.4 Å². The molecule has 2 bridgehead atoms. The van der Waals surface area contributed by atoms with Crippen LogP contribution in [-0.2, 0) is 23.8 Å². The molecule has 5 atom stereocenters. The van der Waals surface area contributed by atoms with Gasteiger partial charge in [-0.2, -0.15) is 0 Å². The molecular weight excluding hydrogens is 248 g/mol. The molecule has 5 nitrogen and oxygen atoms in total. The lowest BCUT2D eigenvalue weighted by Gasteiger charge is -2.29. The Morgan fingerprint density at radius 3 is 2.84 bits per heavy atom. The number of carbonyl (C=O) groups excluding carboxylic acids is 2. The highest BCUT2D eigenvalue weighted by molar-refractivity contribution is 5.82. The number of esters is 2. The molecule has 0 aromatic heterocycles. The molecule has 0 aromatic carbocycles. The minimum absolute atomic E-state index is 0.206. The highest BCUT2D eigenvalue weighted by atomic mass is 16.7. The van der Waals surface area contributed by atoms with E-state index >= 15 is 0 Å². The monoisotopic (exact) mass is 268 g/mol. The van der Waals surface area contributed by atoms with Gasteiger partial charge in [0.05, 0.1) is 10.8 Å². The minimum Gasteiger partial charge on any atom is -0.455 e. The second-order valence-electron chi connectivity index (χ2n) is 6.69. The van der Waals surface area contributed by atoms with E-state index in [9.17, 15) is 9.59 Å². The molecule has 0 radical (unpaired) electrons. The van der Waals surface area contributed by atoms with Gasteiger partial charge in [-0.25, -0.2) is 0 Å². The molecule has 19 heavy (non-hydrogen) atoms. The minimum atomic E-state index is -0.543. The Morgan fingerprint density at radius 2 is 2.21 bits per heavy atom. The average molecular weight is 268 g/mol. The normalized spacial score (nSPS) is 43.5. The predicted octanol–water partition coefficient (Wildman–Crippen LogP) is 1.44. The topological polar surface area (TPSA) is 61.8 Å². The van der Waals surface area contributed by atoms with Gasteiger partial charge in [-0.05, 0) is 33.6 Å². The summed E-state index contributed by atoms with van der Waals surface area (Å²) in [7, 11) is 0. The van der Waals surface area contributed by atoms with Crippen LogP contribution in [0.1, 0.15) is 40.5 Å². The molecule has 0 aromatic rings. The molecule has 0 spiro atoms. The number of rotatable bonds is 3. The molecular formula is C14H20O5. The van der Waals surface area contributed by atoms with Gasteiger partial charge in [-0.3, -0.25) is 9.59 Å². The van der Waals surface area contributed by atoms with Gasteiger partial charge >= 0.3 is 11.9 Å². The Bertz CT molecular complexity index is 443. The molecule has 5 unspecified atom stereocenters. The number of carbonyl (C=O) groups is 2. The fourth-order valence-electron chi connectivity index (χ4n) is 3.10. The molecule has 5 heteroatoms. The first kappa shape index (κ1) is 12.9. The zero-order valence-electron chi connectivity index (χ0n) is 11.8. The van der Waals surface area contributed by atoms with E-state index in [1.807, 2.05) is 27.7 Å². The van der Waals surface area contributed by atoms with Crippen molar-refractivity contribution in [3.63, 3.8) is 0 Å². The molecule has 0 N–H and O–H groups in total. The van der Waals surface area contributed by atoms with E-state index in [1.54, 1.807) is 0 Å². The molecule has 106 valence electrons. The molecule has 3 rings (SSSR count). The van der Waals surface area contributed by atoms with Crippen molar-refractivity contribution >= 4 is 11.9 Å². The summed E-state index contributed by atoms with van der Waals surface area (Å²) in [5.74, 6) is -0.473. The largest absolute Gasteiger partial charge is 0.455 e. The van der Waals surface area contributed by atoms with Crippen molar-refractivity contribution in [1.82, 2.24) is 0 Å². The van der Waals surface area contributed by atoms with Crippen molar-refractivity contribution < 1.29 is 23.8 Å². The standard InChI is InChI=1S/C14H20O5/c1-5-13(2,3)11(15)18-8-7-6-14(4)10(17-7)9(8)19-12(14)16/h7-10H,5-6H2,1-4H3. The van der Waals surface area contributed by atoms with Gasteiger partial charge in [0.1, 0.15) is 12.2 Å². The quantitative estimate of drug-likeness (QED) is 0.725. The Kier molecular flexibility index (Phi) is 2.53. The van der Waals surface area contributed by atoms with E-state index in [0.717, 1.165) is 0 Å². The van der Waals surface area contributed by atoms with Crippen molar-refractivity contribution in [2.24, 2.45) is 10.8 Å². The fourth-order valence-corrected chi connectivity index (χ4v) is 3.10. The Balaban J connectivity index is 1.76. The van der Waals surface area contributed by atoms with Crippen LogP contribution >= 0.6 is 0 Å². The van der Waals surface area contributed by atoms with Gasteiger partial charge in [0.25, 0.3) is 0 Å². The summed E-state index contributed by atoms with van der Waals surface area (Å²) in [5.41, 5.74) is -1.06. The summed E-state index contributed by atoms with van der Waals surface area (Å²) < 4.78 is 16.7. The number of hydrogen-bond donors (Lipinski definition) is 0. The van der Waals surface area contributed by atoms with Crippen LogP contribution in [0.3, 0.4) is 0 Å². The molecule has 3 heterocycles. The Labute approximate surface area is 112 Å². The summed E-state index contributed by atoms with van der Waals surface area (Å²) in [6.45, 7) is 7.53. The average Bonchev–Trinajstić information content (AvgIpc) is 2.90.